The van der Waals surface area contributed by atoms with E-state index < -0.39 is 13.9 Å². The summed E-state index contributed by atoms with van der Waals surface area (Å²) in [4.78, 5) is 25.1. The van der Waals surface area contributed by atoms with Crippen molar-refractivity contribution in [3.8, 4) is 0 Å². The topological polar surface area (TPSA) is 107 Å². The van der Waals surface area contributed by atoms with Crippen LogP contribution in [0.3, 0.4) is 0 Å². The number of quaternary nitrogens is 1. The first kappa shape index (κ1) is 50.8. The molecule has 318 valence electrons. The van der Waals surface area contributed by atoms with Gasteiger partial charge in [0, 0.05) is 6.42 Å². The summed E-state index contributed by atoms with van der Waals surface area (Å²) in [6.45, 7) is 4.69. The van der Waals surface area contributed by atoms with Crippen LogP contribution >= 0.6 is 7.82 Å². The number of hydrogen-bond donors (Lipinski definition) is 0. The number of hydrogen-bond acceptors (Lipinski definition) is 8. The lowest BCUT2D eigenvalue weighted by Crippen LogP contribution is -2.37. The Balaban J connectivity index is 2.25. The molecule has 0 amide bonds. The SMILES string of the molecule is CCCCC/C=C\CC1OC1CCCCCCCC(=O)O[C@H](CO/C=C/CCCCCCCCCCCCCCCC)COP(=O)([O-])OCC[N+](C)(C)C. The Morgan fingerprint density at radius 2 is 1.22 bits per heavy atom. The fourth-order valence-corrected chi connectivity index (χ4v) is 7.13. The Kier molecular flexibility index (Phi) is 31.9. The van der Waals surface area contributed by atoms with Crippen LogP contribution in [-0.2, 0) is 32.6 Å². The van der Waals surface area contributed by atoms with Gasteiger partial charge in [0.2, 0.25) is 0 Å². The van der Waals surface area contributed by atoms with Crippen molar-refractivity contribution >= 4 is 13.8 Å². The van der Waals surface area contributed by atoms with E-state index in [4.69, 9.17) is 23.3 Å². The summed E-state index contributed by atoms with van der Waals surface area (Å²) in [6, 6.07) is 0. The van der Waals surface area contributed by atoms with Gasteiger partial charge in [-0.25, -0.2) is 0 Å². The number of likely N-dealkylation sites (N-methyl/N-ethyl adjacent to an activating group) is 1. The highest BCUT2D eigenvalue weighted by Gasteiger charge is 2.36. The predicted octanol–water partition coefficient (Wildman–Crippen LogP) is 11.5. The van der Waals surface area contributed by atoms with E-state index in [9.17, 15) is 14.3 Å². The number of rotatable bonds is 40. The second-order valence-corrected chi connectivity index (χ2v) is 17.9. The number of phosphoric acid groups is 1. The highest BCUT2D eigenvalue weighted by Crippen LogP contribution is 2.38. The highest BCUT2D eigenvalue weighted by molar-refractivity contribution is 7.45. The maximum Gasteiger partial charge on any atom is 0.306 e. The summed E-state index contributed by atoms with van der Waals surface area (Å²) in [5, 5.41) is 0. The molecule has 0 aliphatic carbocycles. The third-order valence-corrected chi connectivity index (χ3v) is 11.0. The molecule has 0 radical (unpaired) electrons. The zero-order chi connectivity index (χ0) is 39.6. The highest BCUT2D eigenvalue weighted by atomic mass is 31.2. The number of carbonyl (C=O) groups excluding carboxylic acids is 1. The average Bonchev–Trinajstić information content (AvgIpc) is 3.88. The molecule has 1 aliphatic rings. The number of epoxide rings is 1. The first-order valence-corrected chi connectivity index (χ1v) is 23.7. The van der Waals surface area contributed by atoms with Crippen LogP contribution in [0.2, 0.25) is 0 Å². The second-order valence-electron chi connectivity index (χ2n) is 16.5. The van der Waals surface area contributed by atoms with Gasteiger partial charge in [-0.05, 0) is 51.0 Å². The molecule has 1 heterocycles. The zero-order valence-corrected chi connectivity index (χ0v) is 36.5. The molecule has 10 heteroatoms. The summed E-state index contributed by atoms with van der Waals surface area (Å²) in [6.07, 6.45) is 40.1. The van der Waals surface area contributed by atoms with Gasteiger partial charge in [-0.3, -0.25) is 9.36 Å². The van der Waals surface area contributed by atoms with Crippen LogP contribution in [0, 0.1) is 0 Å². The van der Waals surface area contributed by atoms with E-state index in [2.05, 4.69) is 26.0 Å². The summed E-state index contributed by atoms with van der Waals surface area (Å²) in [5.41, 5.74) is 0. The van der Waals surface area contributed by atoms with Crippen LogP contribution in [0.5, 0.6) is 0 Å². The minimum Gasteiger partial charge on any atom is -0.756 e. The zero-order valence-electron chi connectivity index (χ0n) is 35.6. The summed E-state index contributed by atoms with van der Waals surface area (Å²) >= 11 is 0. The predicted molar refractivity (Wildman–Crippen MR) is 221 cm³/mol. The third kappa shape index (κ3) is 34.1. The minimum absolute atomic E-state index is 0.0119. The van der Waals surface area contributed by atoms with Gasteiger partial charge in [-0.2, -0.15) is 0 Å². The third-order valence-electron chi connectivity index (χ3n) is 9.99. The number of nitrogens with zero attached hydrogens (tertiary/aromatic N) is 1. The van der Waals surface area contributed by atoms with Gasteiger partial charge < -0.3 is 32.6 Å². The van der Waals surface area contributed by atoms with Crippen LogP contribution in [0.15, 0.2) is 24.5 Å². The van der Waals surface area contributed by atoms with Crippen molar-refractivity contribution in [3.63, 3.8) is 0 Å². The Hall–Kier alpha value is -1.22. The number of ether oxygens (including phenoxy) is 3. The van der Waals surface area contributed by atoms with Crippen molar-refractivity contribution in [1.82, 2.24) is 0 Å². The van der Waals surface area contributed by atoms with Gasteiger partial charge in [0.1, 0.15) is 19.8 Å². The lowest BCUT2D eigenvalue weighted by molar-refractivity contribution is -0.870. The molecule has 0 aromatic carbocycles. The van der Waals surface area contributed by atoms with Crippen molar-refractivity contribution in [2.45, 2.75) is 206 Å². The molecule has 0 bridgehead atoms. The molecule has 9 nitrogen and oxygen atoms in total. The van der Waals surface area contributed by atoms with Crippen LogP contribution in [0.25, 0.3) is 0 Å². The van der Waals surface area contributed by atoms with Crippen LogP contribution < -0.4 is 4.89 Å². The number of carbonyl (C=O) groups is 1. The smallest absolute Gasteiger partial charge is 0.306 e. The molecule has 0 aromatic heterocycles. The van der Waals surface area contributed by atoms with Crippen molar-refractivity contribution < 1.29 is 42.0 Å². The maximum absolute atomic E-state index is 12.7. The van der Waals surface area contributed by atoms with Gasteiger partial charge in [0.25, 0.3) is 7.82 Å². The van der Waals surface area contributed by atoms with Crippen molar-refractivity contribution in [1.29, 1.82) is 0 Å². The van der Waals surface area contributed by atoms with E-state index in [0.717, 1.165) is 57.8 Å². The van der Waals surface area contributed by atoms with Gasteiger partial charge in [-0.1, -0.05) is 148 Å². The van der Waals surface area contributed by atoms with Crippen LogP contribution in [-0.4, -0.2) is 76.3 Å². The normalized spacial score (nSPS) is 17.7. The largest absolute Gasteiger partial charge is 0.756 e. The van der Waals surface area contributed by atoms with Crippen LogP contribution in [0.4, 0.5) is 0 Å². The molecule has 0 saturated carbocycles. The first-order chi connectivity index (χ1) is 26.1. The molecule has 0 aromatic rings. The number of allylic oxidation sites excluding steroid dienone is 2. The fourth-order valence-electron chi connectivity index (χ4n) is 6.40. The van der Waals surface area contributed by atoms with Crippen LogP contribution in [0.1, 0.15) is 187 Å². The molecule has 4 atom stereocenters. The van der Waals surface area contributed by atoms with E-state index in [-0.39, 0.29) is 32.2 Å². The van der Waals surface area contributed by atoms with Gasteiger partial charge in [-0.15, -0.1) is 0 Å². The number of esters is 1. The molecular weight excluding hydrogens is 701 g/mol. The Labute approximate surface area is 332 Å². The van der Waals surface area contributed by atoms with E-state index >= 15 is 0 Å². The molecule has 0 spiro atoms. The number of phosphoric ester groups is 1. The van der Waals surface area contributed by atoms with E-state index in [1.807, 2.05) is 27.2 Å². The minimum atomic E-state index is -4.55. The monoisotopic (exact) mass is 786 g/mol. The molecule has 1 saturated heterocycles. The van der Waals surface area contributed by atoms with E-state index in [1.165, 1.54) is 109 Å². The molecule has 3 unspecified atom stereocenters. The first-order valence-electron chi connectivity index (χ1n) is 22.2. The quantitative estimate of drug-likeness (QED) is 0.0115. The molecule has 1 fully saturated rings. The molecule has 54 heavy (non-hydrogen) atoms. The molecule has 1 rings (SSSR count). The Morgan fingerprint density at radius 1 is 0.685 bits per heavy atom. The Bertz CT molecular complexity index is 984. The van der Waals surface area contributed by atoms with Gasteiger partial charge in [0.05, 0.1) is 46.2 Å². The lowest BCUT2D eigenvalue weighted by atomic mass is 10.0. The molecular formula is C44H84NO8P. The van der Waals surface area contributed by atoms with Crippen molar-refractivity contribution in [3.05, 3.63) is 24.5 Å². The van der Waals surface area contributed by atoms with Gasteiger partial charge >= 0.3 is 5.97 Å². The van der Waals surface area contributed by atoms with E-state index in [1.54, 1.807) is 6.26 Å². The summed E-state index contributed by atoms with van der Waals surface area (Å²) < 4.78 is 40.2. The molecule has 1 aliphatic heterocycles. The summed E-state index contributed by atoms with van der Waals surface area (Å²) in [7, 11) is 1.31. The van der Waals surface area contributed by atoms with Crippen molar-refractivity contribution in [2.24, 2.45) is 0 Å². The van der Waals surface area contributed by atoms with Crippen molar-refractivity contribution in [2.75, 3.05) is 47.5 Å². The summed E-state index contributed by atoms with van der Waals surface area (Å²) in [5.74, 6) is -0.373. The average molecular weight is 786 g/mol. The molecule has 0 N–H and O–H groups in total. The van der Waals surface area contributed by atoms with E-state index in [0.29, 0.717) is 23.2 Å². The van der Waals surface area contributed by atoms with Gasteiger partial charge in [0.15, 0.2) is 6.10 Å². The maximum atomic E-state index is 12.7. The number of unbranched alkanes of at least 4 members (excludes halogenated alkanes) is 21. The fraction of sp³-hybridized carbons (Fsp3) is 0.886. The second kappa shape index (κ2) is 33.9. The Morgan fingerprint density at radius 3 is 1.85 bits per heavy atom. The lowest BCUT2D eigenvalue weighted by Gasteiger charge is -2.28. The standard InChI is InChI=1S/C44H84NO8P/c1-6-8-10-12-14-15-16-17-18-19-20-21-22-23-28-32-37-49-39-41(40-51-54(47,48)50-38-36-45(3,4)5)52-44(46)35-31-27-24-26-30-34-43-42(53-43)33-29-25-13-11-9-7-2/h25,29,32,37,41-43H,6-24,26-28,30-31,33-36,38-40H2,1-5H3/b29-25-,37-32+/t41-,42?,43?/m1/s1.